The Bertz CT molecular complexity index is 408. The Morgan fingerprint density at radius 1 is 0.643 bits per heavy atom. The zero-order chi connectivity index (χ0) is 10.9. The minimum Gasteiger partial charge on any atom is -0.192 e. The van der Waals surface area contributed by atoms with Gasteiger partial charge in [-0.05, 0) is 0 Å². The minimum absolute atomic E-state index is 0.283. The van der Waals surface area contributed by atoms with Crippen molar-refractivity contribution < 1.29 is 0 Å². The third-order valence-corrected chi connectivity index (χ3v) is 3.76. The quantitative estimate of drug-likeness (QED) is 0.539. The first-order valence-electron chi connectivity index (χ1n) is 3.34. The third kappa shape index (κ3) is 1.71. The van der Waals surface area contributed by atoms with Crippen molar-refractivity contribution in [3.63, 3.8) is 0 Å². The Balaban J connectivity index is 3.77. The van der Waals surface area contributed by atoms with Gasteiger partial charge in [0.1, 0.15) is 12.1 Å². The standard InChI is InChI=1S/C8H4N2S4/c9-1-3-5(11)7(13)4(2-10)8(14)6(3)12/h11-14H. The summed E-state index contributed by atoms with van der Waals surface area (Å²) in [5.74, 6) is 0. The van der Waals surface area contributed by atoms with Crippen LogP contribution in [0.1, 0.15) is 11.1 Å². The van der Waals surface area contributed by atoms with E-state index in [0.717, 1.165) is 0 Å². The summed E-state index contributed by atoms with van der Waals surface area (Å²) in [5.41, 5.74) is 0.566. The molecule has 0 radical (unpaired) electrons. The zero-order valence-electron chi connectivity index (χ0n) is 6.68. The van der Waals surface area contributed by atoms with Gasteiger partial charge >= 0.3 is 0 Å². The van der Waals surface area contributed by atoms with Crippen LogP contribution in [0.4, 0.5) is 0 Å². The van der Waals surface area contributed by atoms with Crippen LogP contribution in [0.5, 0.6) is 0 Å². The van der Waals surface area contributed by atoms with Crippen LogP contribution < -0.4 is 0 Å². The molecule has 1 aromatic rings. The van der Waals surface area contributed by atoms with E-state index < -0.39 is 0 Å². The van der Waals surface area contributed by atoms with Crippen LogP contribution in [0.25, 0.3) is 0 Å². The fourth-order valence-corrected chi connectivity index (χ4v) is 2.18. The van der Waals surface area contributed by atoms with Gasteiger partial charge < -0.3 is 0 Å². The van der Waals surface area contributed by atoms with Gasteiger partial charge in [0.2, 0.25) is 0 Å². The van der Waals surface area contributed by atoms with Gasteiger partial charge in [-0.2, -0.15) is 10.5 Å². The van der Waals surface area contributed by atoms with Crippen LogP contribution in [0, 0.1) is 22.7 Å². The molecule has 0 bridgehead atoms. The summed E-state index contributed by atoms with van der Waals surface area (Å²) >= 11 is 16.4. The van der Waals surface area contributed by atoms with Crippen molar-refractivity contribution in [3.8, 4) is 12.1 Å². The molecule has 14 heavy (non-hydrogen) atoms. The molecular weight excluding hydrogens is 252 g/mol. The number of thiol groups is 4. The van der Waals surface area contributed by atoms with Crippen molar-refractivity contribution in [2.45, 2.75) is 19.6 Å². The van der Waals surface area contributed by atoms with Crippen molar-refractivity contribution in [1.82, 2.24) is 0 Å². The lowest BCUT2D eigenvalue weighted by atomic mass is 10.1. The monoisotopic (exact) mass is 256 g/mol. The summed E-state index contributed by atoms with van der Waals surface area (Å²) in [7, 11) is 0. The summed E-state index contributed by atoms with van der Waals surface area (Å²) in [4.78, 5) is 1.43. The van der Waals surface area contributed by atoms with Crippen molar-refractivity contribution in [2.75, 3.05) is 0 Å². The smallest absolute Gasteiger partial charge is 0.102 e. The molecule has 0 aromatic heterocycles. The van der Waals surface area contributed by atoms with Gasteiger partial charge in [0.25, 0.3) is 0 Å². The molecule has 0 aliphatic carbocycles. The summed E-state index contributed by atoms with van der Waals surface area (Å²) in [6.07, 6.45) is 0. The number of benzene rings is 1. The van der Waals surface area contributed by atoms with Crippen molar-refractivity contribution in [1.29, 1.82) is 10.5 Å². The van der Waals surface area contributed by atoms with E-state index in [-0.39, 0.29) is 11.1 Å². The first kappa shape index (κ1) is 11.7. The average molecular weight is 256 g/mol. The second-order valence-corrected chi connectivity index (χ2v) is 4.16. The molecule has 0 saturated heterocycles. The summed E-state index contributed by atoms with van der Waals surface area (Å²) < 4.78 is 0. The number of nitrogens with zero attached hydrogens (tertiary/aromatic N) is 2. The van der Waals surface area contributed by atoms with Crippen LogP contribution in [-0.2, 0) is 0 Å². The molecule has 0 aliphatic heterocycles. The molecule has 0 saturated carbocycles. The van der Waals surface area contributed by atoms with E-state index in [1.165, 1.54) is 0 Å². The molecule has 6 heteroatoms. The van der Waals surface area contributed by atoms with Gasteiger partial charge in [0.05, 0.1) is 11.1 Å². The Kier molecular flexibility index (Phi) is 3.68. The fourth-order valence-electron chi connectivity index (χ4n) is 0.910. The Hall–Kier alpha value is -0.400. The van der Waals surface area contributed by atoms with Crippen LogP contribution in [0.15, 0.2) is 19.6 Å². The predicted octanol–water partition coefficient (Wildman–Crippen LogP) is 2.58. The van der Waals surface area contributed by atoms with E-state index in [1.54, 1.807) is 0 Å². The molecule has 2 nitrogen and oxygen atoms in total. The van der Waals surface area contributed by atoms with E-state index in [9.17, 15) is 0 Å². The van der Waals surface area contributed by atoms with Crippen LogP contribution in [-0.4, -0.2) is 0 Å². The van der Waals surface area contributed by atoms with E-state index in [4.69, 9.17) is 10.5 Å². The maximum Gasteiger partial charge on any atom is 0.102 e. The molecule has 0 unspecified atom stereocenters. The summed E-state index contributed by atoms with van der Waals surface area (Å²) in [6.45, 7) is 0. The molecule has 0 atom stereocenters. The summed E-state index contributed by atoms with van der Waals surface area (Å²) in [5, 5.41) is 17.6. The molecule has 0 heterocycles. The second kappa shape index (κ2) is 4.41. The van der Waals surface area contributed by atoms with Gasteiger partial charge in [0.15, 0.2) is 0 Å². The Morgan fingerprint density at radius 2 is 0.857 bits per heavy atom. The third-order valence-electron chi connectivity index (χ3n) is 1.62. The van der Waals surface area contributed by atoms with Crippen LogP contribution >= 0.6 is 50.5 Å². The van der Waals surface area contributed by atoms with Gasteiger partial charge in [0, 0.05) is 19.6 Å². The van der Waals surface area contributed by atoms with Gasteiger partial charge in [-0.1, -0.05) is 0 Å². The SMILES string of the molecule is N#Cc1c(S)c(S)c(C#N)c(S)c1S. The lowest BCUT2D eigenvalue weighted by Gasteiger charge is -2.09. The first-order valence-corrected chi connectivity index (χ1v) is 5.13. The van der Waals surface area contributed by atoms with Crippen molar-refractivity contribution >= 4 is 50.5 Å². The topological polar surface area (TPSA) is 47.6 Å². The largest absolute Gasteiger partial charge is 0.192 e. The van der Waals surface area contributed by atoms with E-state index >= 15 is 0 Å². The highest BCUT2D eigenvalue weighted by Crippen LogP contribution is 2.36. The fraction of sp³-hybridized carbons (Fsp3) is 0. The van der Waals surface area contributed by atoms with Gasteiger partial charge in [-0.15, -0.1) is 50.5 Å². The lowest BCUT2D eigenvalue weighted by molar-refractivity contribution is 1.05. The number of rotatable bonds is 0. The highest BCUT2D eigenvalue weighted by atomic mass is 32.1. The van der Waals surface area contributed by atoms with E-state index in [1.807, 2.05) is 12.1 Å². The van der Waals surface area contributed by atoms with Gasteiger partial charge in [-0.3, -0.25) is 0 Å². The molecular formula is C8H4N2S4. The maximum absolute atomic E-state index is 8.81. The number of hydrogen-bond acceptors (Lipinski definition) is 6. The molecule has 0 aliphatic rings. The van der Waals surface area contributed by atoms with Crippen molar-refractivity contribution in [3.05, 3.63) is 11.1 Å². The van der Waals surface area contributed by atoms with Crippen LogP contribution in [0.3, 0.4) is 0 Å². The second-order valence-electron chi connectivity index (χ2n) is 2.37. The van der Waals surface area contributed by atoms with Crippen molar-refractivity contribution in [2.24, 2.45) is 0 Å². The molecule has 0 fully saturated rings. The number of hydrogen-bond donors (Lipinski definition) is 4. The zero-order valence-corrected chi connectivity index (χ0v) is 10.3. The highest BCUT2D eigenvalue weighted by Gasteiger charge is 2.16. The average Bonchev–Trinajstić information content (AvgIpc) is 2.17. The molecule has 1 aromatic carbocycles. The number of nitriles is 2. The molecule has 0 spiro atoms. The maximum atomic E-state index is 8.81. The Morgan fingerprint density at radius 3 is 1.00 bits per heavy atom. The van der Waals surface area contributed by atoms with E-state index in [0.29, 0.717) is 19.6 Å². The predicted molar refractivity (Wildman–Crippen MR) is 64.9 cm³/mol. The molecule has 0 amide bonds. The van der Waals surface area contributed by atoms with E-state index in [2.05, 4.69) is 50.5 Å². The molecule has 0 N–H and O–H groups in total. The minimum atomic E-state index is 0.283. The normalized spacial score (nSPS) is 9.29. The Labute approximate surface area is 104 Å². The lowest BCUT2D eigenvalue weighted by Crippen LogP contribution is -1.92. The first-order chi connectivity index (χ1) is 6.54. The molecule has 1 rings (SSSR count). The summed E-state index contributed by atoms with van der Waals surface area (Å²) in [6, 6.07) is 3.87. The highest BCUT2D eigenvalue weighted by molar-refractivity contribution is 7.84. The van der Waals surface area contributed by atoms with Crippen LogP contribution in [0.2, 0.25) is 0 Å². The molecule has 70 valence electrons. The van der Waals surface area contributed by atoms with Gasteiger partial charge in [-0.25, -0.2) is 0 Å².